The molecule has 0 spiro atoms. The van der Waals surface area contributed by atoms with E-state index in [1.807, 2.05) is 0 Å². The van der Waals surface area contributed by atoms with Crippen LogP contribution in [0.4, 0.5) is 0 Å². The lowest BCUT2D eigenvalue weighted by Gasteiger charge is -2.04. The number of benzene rings is 1. The first-order valence-electron chi connectivity index (χ1n) is 4.09. The second-order valence-electron chi connectivity index (χ2n) is 2.76. The summed E-state index contributed by atoms with van der Waals surface area (Å²) in [5.41, 5.74) is 1.06. The molecule has 0 amide bonds. The lowest BCUT2D eigenvalue weighted by atomic mass is 9.79. The van der Waals surface area contributed by atoms with Crippen molar-refractivity contribution >= 4 is 43.0 Å². The highest BCUT2D eigenvalue weighted by atomic mass is 32.1. The third-order valence-electron chi connectivity index (χ3n) is 1.91. The fourth-order valence-corrected chi connectivity index (χ4v) is 1.83. The summed E-state index contributed by atoms with van der Waals surface area (Å²) in [7, 11) is -2.06. The average molecular weight is 224 g/mol. The molecule has 6 nitrogen and oxygen atoms in total. The molecule has 1 aromatic carbocycles. The van der Waals surface area contributed by atoms with Gasteiger partial charge in [0.1, 0.15) is 16.8 Å². The van der Waals surface area contributed by atoms with E-state index >= 15 is 0 Å². The zero-order valence-electron chi connectivity index (χ0n) is 7.49. The lowest BCUT2D eigenvalue weighted by molar-refractivity contribution is 0.426. The molecule has 9 heteroatoms. The molecule has 0 atom stereocenters. The maximum atomic E-state index is 9.06. The SMILES string of the molecule is OBOc1ccc(B(O)O)c2nsnc12. The minimum absolute atomic E-state index is 0.268. The Morgan fingerprint density at radius 2 is 2.00 bits per heavy atom. The monoisotopic (exact) mass is 224 g/mol. The number of nitrogens with zero attached hydrogens (tertiary/aromatic N) is 2. The molecular weight excluding hydrogens is 218 g/mol. The number of hydrogen-bond acceptors (Lipinski definition) is 7. The van der Waals surface area contributed by atoms with E-state index in [0.29, 0.717) is 16.8 Å². The summed E-state index contributed by atoms with van der Waals surface area (Å²) in [6.07, 6.45) is 0. The minimum atomic E-state index is -1.60. The maximum Gasteiger partial charge on any atom is 0.504 e. The molecule has 2 aromatic rings. The Morgan fingerprint density at radius 1 is 1.27 bits per heavy atom. The van der Waals surface area contributed by atoms with Gasteiger partial charge in [-0.3, -0.25) is 0 Å². The highest BCUT2D eigenvalue weighted by molar-refractivity contribution is 7.00. The van der Waals surface area contributed by atoms with Gasteiger partial charge in [0.15, 0.2) is 0 Å². The standard InChI is InChI=1S/C6H6B2N2O4S/c11-7-14-4-2-1-3(8(12)13)5-6(4)10-15-9-5/h1-2,7,11-13H. The van der Waals surface area contributed by atoms with E-state index in [1.54, 1.807) is 0 Å². The molecule has 0 saturated carbocycles. The molecule has 2 rings (SSSR count). The molecule has 1 heterocycles. The fourth-order valence-electron chi connectivity index (χ4n) is 1.26. The Balaban J connectivity index is 2.60. The van der Waals surface area contributed by atoms with Crippen LogP contribution < -0.4 is 10.1 Å². The Kier molecular flexibility index (Phi) is 2.87. The molecule has 0 unspecified atom stereocenters. The van der Waals surface area contributed by atoms with Crippen molar-refractivity contribution in [2.45, 2.75) is 0 Å². The Labute approximate surface area is 89.9 Å². The molecule has 0 saturated heterocycles. The zero-order chi connectivity index (χ0) is 10.8. The Bertz CT molecular complexity index is 477. The normalized spacial score (nSPS) is 10.3. The van der Waals surface area contributed by atoms with Crippen LogP contribution in [-0.2, 0) is 0 Å². The molecule has 0 radical (unpaired) electrons. The van der Waals surface area contributed by atoms with Gasteiger partial charge in [0.2, 0.25) is 0 Å². The van der Waals surface area contributed by atoms with E-state index in [-0.39, 0.29) is 5.46 Å². The molecule has 0 aliphatic carbocycles. The summed E-state index contributed by atoms with van der Waals surface area (Å²) in [6.45, 7) is 0. The summed E-state index contributed by atoms with van der Waals surface area (Å²) in [5, 5.41) is 26.8. The van der Waals surface area contributed by atoms with Crippen LogP contribution in [0.15, 0.2) is 12.1 Å². The molecule has 15 heavy (non-hydrogen) atoms. The van der Waals surface area contributed by atoms with Crippen LogP contribution in [0.1, 0.15) is 0 Å². The van der Waals surface area contributed by atoms with E-state index < -0.39 is 14.8 Å². The van der Waals surface area contributed by atoms with Crippen molar-refractivity contribution in [2.75, 3.05) is 0 Å². The Hall–Kier alpha value is -1.15. The van der Waals surface area contributed by atoms with Gasteiger partial charge in [-0.25, -0.2) is 0 Å². The van der Waals surface area contributed by atoms with Gasteiger partial charge in [-0.1, -0.05) is 6.07 Å². The first kappa shape index (κ1) is 10.4. The highest BCUT2D eigenvalue weighted by Crippen LogP contribution is 2.21. The summed E-state index contributed by atoms with van der Waals surface area (Å²) >= 11 is 0.941. The third-order valence-corrected chi connectivity index (χ3v) is 2.44. The van der Waals surface area contributed by atoms with Crippen molar-refractivity contribution < 1.29 is 19.7 Å². The molecule has 0 fully saturated rings. The molecule has 1 aromatic heterocycles. The van der Waals surface area contributed by atoms with Crippen LogP contribution in [0.5, 0.6) is 5.75 Å². The average Bonchev–Trinajstić information content (AvgIpc) is 2.66. The van der Waals surface area contributed by atoms with E-state index in [1.165, 1.54) is 12.1 Å². The van der Waals surface area contributed by atoms with Crippen LogP contribution in [0, 0.1) is 0 Å². The van der Waals surface area contributed by atoms with Gasteiger partial charge in [-0.15, -0.1) is 0 Å². The fraction of sp³-hybridized carbons (Fsp3) is 0. The predicted molar refractivity (Wildman–Crippen MR) is 57.2 cm³/mol. The molecule has 76 valence electrons. The maximum absolute atomic E-state index is 9.06. The largest absolute Gasteiger partial charge is 0.537 e. The van der Waals surface area contributed by atoms with Crippen molar-refractivity contribution in [3.63, 3.8) is 0 Å². The van der Waals surface area contributed by atoms with Gasteiger partial charge in [0.25, 0.3) is 0 Å². The summed E-state index contributed by atoms with van der Waals surface area (Å²) in [4.78, 5) is 0. The first-order chi connectivity index (χ1) is 7.24. The highest BCUT2D eigenvalue weighted by Gasteiger charge is 2.19. The van der Waals surface area contributed by atoms with Gasteiger partial charge in [0, 0.05) is 5.46 Å². The molecule has 0 bridgehead atoms. The zero-order valence-corrected chi connectivity index (χ0v) is 8.31. The summed E-state index contributed by atoms with van der Waals surface area (Å²) < 4.78 is 12.8. The van der Waals surface area contributed by atoms with E-state index in [0.717, 1.165) is 11.7 Å². The molecule has 0 aliphatic rings. The van der Waals surface area contributed by atoms with Gasteiger partial charge in [-0.05, 0) is 6.07 Å². The first-order valence-corrected chi connectivity index (χ1v) is 4.82. The van der Waals surface area contributed by atoms with Crippen LogP contribution >= 0.6 is 11.7 Å². The summed E-state index contributed by atoms with van der Waals surface area (Å²) in [6, 6.07) is 2.98. The number of hydrogen-bond donors (Lipinski definition) is 3. The predicted octanol–water partition coefficient (Wildman–Crippen LogP) is -1.99. The molecule has 0 aliphatic heterocycles. The van der Waals surface area contributed by atoms with Gasteiger partial charge in [-0.2, -0.15) is 8.75 Å². The van der Waals surface area contributed by atoms with Crippen LogP contribution in [-0.4, -0.2) is 38.6 Å². The smallest absolute Gasteiger partial charge is 0.504 e. The number of fused-ring (bicyclic) bond motifs is 1. The topological polar surface area (TPSA) is 95.7 Å². The van der Waals surface area contributed by atoms with Crippen molar-refractivity contribution in [1.82, 2.24) is 8.75 Å². The Morgan fingerprint density at radius 3 is 2.67 bits per heavy atom. The number of rotatable bonds is 3. The number of aromatic nitrogens is 2. The molecule has 3 N–H and O–H groups in total. The molecular formula is C6H6B2N2O4S. The third kappa shape index (κ3) is 1.82. The van der Waals surface area contributed by atoms with Crippen molar-refractivity contribution in [2.24, 2.45) is 0 Å². The van der Waals surface area contributed by atoms with Gasteiger partial charge in [0.05, 0.1) is 11.7 Å². The van der Waals surface area contributed by atoms with Crippen LogP contribution in [0.3, 0.4) is 0 Å². The van der Waals surface area contributed by atoms with E-state index in [9.17, 15) is 0 Å². The second-order valence-corrected chi connectivity index (χ2v) is 3.29. The van der Waals surface area contributed by atoms with Crippen molar-refractivity contribution in [3.05, 3.63) is 12.1 Å². The van der Waals surface area contributed by atoms with E-state index in [2.05, 4.69) is 8.75 Å². The minimum Gasteiger partial charge on any atom is -0.537 e. The van der Waals surface area contributed by atoms with Gasteiger partial charge >= 0.3 is 14.8 Å². The van der Waals surface area contributed by atoms with E-state index in [4.69, 9.17) is 19.7 Å². The lowest BCUT2D eigenvalue weighted by Crippen LogP contribution is -2.30. The van der Waals surface area contributed by atoms with Crippen molar-refractivity contribution in [1.29, 1.82) is 0 Å². The van der Waals surface area contributed by atoms with Crippen LogP contribution in [0.25, 0.3) is 11.0 Å². The van der Waals surface area contributed by atoms with Crippen molar-refractivity contribution in [3.8, 4) is 5.75 Å². The quantitative estimate of drug-likeness (QED) is 0.522. The summed E-state index contributed by atoms with van der Waals surface area (Å²) in [5.74, 6) is 0.366. The van der Waals surface area contributed by atoms with Crippen LogP contribution in [0.2, 0.25) is 0 Å². The van der Waals surface area contributed by atoms with Gasteiger partial charge < -0.3 is 19.7 Å². The second kappa shape index (κ2) is 4.15.